The Morgan fingerprint density at radius 2 is 2.19 bits per heavy atom. The Balaban J connectivity index is 1.49. The van der Waals surface area contributed by atoms with Crippen LogP contribution in [0.5, 0.6) is 0 Å². The summed E-state index contributed by atoms with van der Waals surface area (Å²) in [7, 11) is -1.45. The normalized spacial score (nSPS) is 28.7. The predicted octanol–water partition coefficient (Wildman–Crippen LogP) is 1.19. The molecule has 2 fully saturated rings. The molecular formula is C17H24ClN3O4S2. The fourth-order valence-corrected chi connectivity index (χ4v) is 5.56. The Morgan fingerprint density at radius 1 is 1.44 bits per heavy atom. The molecule has 1 N–H and O–H groups in total. The van der Waals surface area contributed by atoms with Crippen molar-refractivity contribution in [2.45, 2.75) is 37.1 Å². The van der Waals surface area contributed by atoms with E-state index in [1.807, 2.05) is 12.2 Å². The largest absolute Gasteiger partial charge is 0.378 e. The molecule has 2 saturated heterocycles. The van der Waals surface area contributed by atoms with Crippen molar-refractivity contribution in [3.8, 4) is 0 Å². The summed E-state index contributed by atoms with van der Waals surface area (Å²) in [5, 5.41) is 1.75. The summed E-state index contributed by atoms with van der Waals surface area (Å²) >= 11 is 7.44. The lowest BCUT2D eigenvalue weighted by atomic mass is 10.2. The van der Waals surface area contributed by atoms with Gasteiger partial charge in [-0.2, -0.15) is 0 Å². The number of amides is 2. The summed E-state index contributed by atoms with van der Waals surface area (Å²) in [4.78, 5) is 28.6. The first kappa shape index (κ1) is 20.9. The molecule has 27 heavy (non-hydrogen) atoms. The third-order valence-corrected chi connectivity index (χ3v) is 7.22. The minimum Gasteiger partial charge on any atom is -0.378 e. The summed E-state index contributed by atoms with van der Waals surface area (Å²) < 4.78 is 21.1. The zero-order valence-corrected chi connectivity index (χ0v) is 17.5. The van der Waals surface area contributed by atoms with E-state index < -0.39 is 23.1 Å². The molecular weight excluding hydrogens is 410 g/mol. The van der Waals surface area contributed by atoms with Crippen LogP contribution in [-0.2, 0) is 25.3 Å². The van der Waals surface area contributed by atoms with Crippen molar-refractivity contribution < 1.29 is 18.5 Å². The molecule has 7 nitrogen and oxygen atoms in total. The smallest absolute Gasteiger partial charge is 0.245 e. The van der Waals surface area contributed by atoms with E-state index in [9.17, 15) is 13.8 Å². The maximum Gasteiger partial charge on any atom is 0.245 e. The Morgan fingerprint density at radius 3 is 2.85 bits per heavy atom. The van der Waals surface area contributed by atoms with Gasteiger partial charge in [-0.05, 0) is 19.8 Å². The summed E-state index contributed by atoms with van der Waals surface area (Å²) in [5.41, 5.74) is 0. The molecule has 0 saturated carbocycles. The Labute approximate surface area is 171 Å². The second-order valence-corrected chi connectivity index (χ2v) is 9.65. The number of likely N-dealkylation sites (tertiary alicyclic amines) is 1. The van der Waals surface area contributed by atoms with Gasteiger partial charge in [0.25, 0.3) is 0 Å². The number of carbonyl (C=O) groups is 2. The standard InChI is InChI=1S/C17H24ClN3O4S2/c1-12(16(22)20-7-9-25-10-8-20)21-6-4-14(17(21)23)19-27(24)11-5-13-2-3-15(18)26-13/h3,5,11-14,19H,2,4,6-10H2,1H3/b11-5+/t12-,13?,14-,27?/m0/s1. The molecule has 3 aliphatic rings. The average Bonchev–Trinajstić information content (AvgIpc) is 3.25. The maximum absolute atomic E-state index is 12.7. The first-order valence-corrected chi connectivity index (χ1v) is 11.5. The predicted molar refractivity (Wildman–Crippen MR) is 107 cm³/mol. The van der Waals surface area contributed by atoms with E-state index in [1.165, 1.54) is 11.8 Å². The number of nitrogens with zero attached hydrogens (tertiary/aromatic N) is 2. The molecule has 4 atom stereocenters. The molecule has 0 aromatic rings. The van der Waals surface area contributed by atoms with Gasteiger partial charge in [0.2, 0.25) is 11.8 Å². The average molecular weight is 434 g/mol. The van der Waals surface area contributed by atoms with Crippen LogP contribution in [0.1, 0.15) is 19.8 Å². The first-order valence-electron chi connectivity index (χ1n) is 9.00. The number of hydrogen-bond acceptors (Lipinski definition) is 5. The second-order valence-electron chi connectivity index (χ2n) is 6.63. The van der Waals surface area contributed by atoms with E-state index in [1.54, 1.807) is 22.1 Å². The van der Waals surface area contributed by atoms with Gasteiger partial charge in [0.1, 0.15) is 23.1 Å². The van der Waals surface area contributed by atoms with Crippen LogP contribution in [0.3, 0.4) is 0 Å². The number of morpholine rings is 1. The minimum absolute atomic E-state index is 0.0593. The van der Waals surface area contributed by atoms with Gasteiger partial charge in [-0.15, -0.1) is 11.8 Å². The monoisotopic (exact) mass is 433 g/mol. The fourth-order valence-electron chi connectivity index (χ4n) is 3.28. The molecule has 0 bridgehead atoms. The number of thioether (sulfide) groups is 1. The maximum atomic E-state index is 12.7. The van der Waals surface area contributed by atoms with Gasteiger partial charge >= 0.3 is 0 Å². The molecule has 3 rings (SSSR count). The Bertz CT molecular complexity index is 667. The van der Waals surface area contributed by atoms with Crippen molar-refractivity contribution in [1.29, 1.82) is 0 Å². The van der Waals surface area contributed by atoms with Crippen LogP contribution in [0.15, 0.2) is 21.9 Å². The highest BCUT2D eigenvalue weighted by Gasteiger charge is 2.38. The molecule has 0 spiro atoms. The molecule has 150 valence electrons. The summed E-state index contributed by atoms with van der Waals surface area (Å²) in [6.07, 6.45) is 5.13. The number of carbonyl (C=O) groups excluding carboxylic acids is 2. The summed E-state index contributed by atoms with van der Waals surface area (Å²) in [6.45, 7) is 4.40. The molecule has 3 heterocycles. The van der Waals surface area contributed by atoms with Gasteiger partial charge in [-0.3, -0.25) is 9.59 Å². The van der Waals surface area contributed by atoms with Gasteiger partial charge in [-0.1, -0.05) is 23.8 Å². The van der Waals surface area contributed by atoms with E-state index in [2.05, 4.69) is 4.72 Å². The van der Waals surface area contributed by atoms with Gasteiger partial charge in [0, 0.05) is 30.3 Å². The van der Waals surface area contributed by atoms with Crippen LogP contribution >= 0.6 is 23.4 Å². The number of hydrogen-bond donors (Lipinski definition) is 1. The zero-order valence-electron chi connectivity index (χ0n) is 15.1. The number of allylic oxidation sites excluding steroid dienone is 1. The van der Waals surface area contributed by atoms with Crippen molar-refractivity contribution in [3.63, 3.8) is 0 Å². The van der Waals surface area contributed by atoms with Crippen molar-refractivity contribution in [1.82, 2.24) is 14.5 Å². The van der Waals surface area contributed by atoms with Gasteiger partial charge in [0.15, 0.2) is 0 Å². The third kappa shape index (κ3) is 5.35. The highest BCUT2D eigenvalue weighted by atomic mass is 35.5. The highest BCUT2D eigenvalue weighted by molar-refractivity contribution is 8.05. The summed E-state index contributed by atoms with van der Waals surface area (Å²) in [6, 6.07) is -1.05. The van der Waals surface area contributed by atoms with Crippen LogP contribution < -0.4 is 4.72 Å². The van der Waals surface area contributed by atoms with Gasteiger partial charge < -0.3 is 14.5 Å². The minimum atomic E-state index is -1.45. The molecule has 3 aliphatic heterocycles. The molecule has 2 unspecified atom stereocenters. The topological polar surface area (TPSA) is 79.0 Å². The van der Waals surface area contributed by atoms with Crippen molar-refractivity contribution in [3.05, 3.63) is 21.9 Å². The lowest BCUT2D eigenvalue weighted by Crippen LogP contribution is -2.52. The van der Waals surface area contributed by atoms with Crippen LogP contribution in [0.2, 0.25) is 0 Å². The molecule has 2 amide bonds. The van der Waals surface area contributed by atoms with Gasteiger partial charge in [0.05, 0.1) is 17.6 Å². The molecule has 0 aromatic carbocycles. The zero-order chi connectivity index (χ0) is 19.4. The van der Waals surface area contributed by atoms with E-state index in [-0.39, 0.29) is 17.1 Å². The van der Waals surface area contributed by atoms with E-state index in [0.29, 0.717) is 39.3 Å². The third-order valence-electron chi connectivity index (χ3n) is 4.84. The SMILES string of the molecule is C[C@@H](C(=O)N1CCOCC1)N1CC[C@H](NS(=O)/C=C/C2CC=C(Cl)S2)C1=O. The lowest BCUT2D eigenvalue weighted by Gasteiger charge is -2.32. The molecule has 10 heteroatoms. The Kier molecular flexibility index (Phi) is 7.38. The van der Waals surface area contributed by atoms with Crippen molar-refractivity contribution in [2.24, 2.45) is 0 Å². The number of nitrogens with one attached hydrogen (secondary N) is 1. The van der Waals surface area contributed by atoms with Crippen molar-refractivity contribution in [2.75, 3.05) is 32.8 Å². The lowest BCUT2D eigenvalue weighted by molar-refractivity contribution is -0.146. The van der Waals surface area contributed by atoms with E-state index in [4.69, 9.17) is 16.3 Å². The first-order chi connectivity index (χ1) is 13.0. The van der Waals surface area contributed by atoms with Gasteiger partial charge in [-0.25, -0.2) is 8.93 Å². The van der Waals surface area contributed by atoms with Crippen LogP contribution in [-0.4, -0.2) is 76.0 Å². The number of halogens is 1. The van der Waals surface area contributed by atoms with Crippen LogP contribution in [0, 0.1) is 0 Å². The fraction of sp³-hybridized carbons (Fsp3) is 0.647. The molecule has 0 aromatic heterocycles. The second kappa shape index (κ2) is 9.56. The van der Waals surface area contributed by atoms with E-state index in [0.717, 1.165) is 10.8 Å². The number of ether oxygens (including phenoxy) is 1. The molecule has 0 aliphatic carbocycles. The van der Waals surface area contributed by atoms with Crippen molar-refractivity contribution >= 4 is 46.2 Å². The molecule has 0 radical (unpaired) electrons. The van der Waals surface area contributed by atoms with Crippen LogP contribution in [0.25, 0.3) is 0 Å². The highest BCUT2D eigenvalue weighted by Crippen LogP contribution is 2.35. The summed E-state index contributed by atoms with van der Waals surface area (Å²) in [5.74, 6) is -0.234. The quantitative estimate of drug-likeness (QED) is 0.680. The Hall–Kier alpha value is -0.870. The number of rotatable bonds is 6. The van der Waals surface area contributed by atoms with E-state index >= 15 is 0 Å². The van der Waals surface area contributed by atoms with Crippen LogP contribution in [0.4, 0.5) is 0 Å².